The van der Waals surface area contributed by atoms with Crippen LogP contribution in [0.4, 0.5) is 0 Å². The third-order valence-corrected chi connectivity index (χ3v) is 3.04. The van der Waals surface area contributed by atoms with Crippen LogP contribution in [0.25, 0.3) is 0 Å². The number of rotatable bonds is 7. The van der Waals surface area contributed by atoms with Crippen molar-refractivity contribution in [1.82, 2.24) is 5.32 Å². The molecule has 0 aliphatic rings. The van der Waals surface area contributed by atoms with Gasteiger partial charge in [-0.2, -0.15) is 11.3 Å². The zero-order chi connectivity index (χ0) is 12.5. The normalized spacial score (nSPS) is 9.94. The van der Waals surface area contributed by atoms with Gasteiger partial charge in [0.25, 0.3) is 5.91 Å². The lowest BCUT2D eigenvalue weighted by Crippen LogP contribution is -2.23. The van der Waals surface area contributed by atoms with E-state index in [9.17, 15) is 9.59 Å². The van der Waals surface area contributed by atoms with E-state index in [0.29, 0.717) is 18.5 Å². The molecule has 1 N–H and O–H groups in total. The second-order valence-corrected chi connectivity index (χ2v) is 4.43. The molecule has 0 spiro atoms. The number of carbonyl (C=O) groups excluding carboxylic acids is 2. The minimum atomic E-state index is -0.174. The van der Waals surface area contributed by atoms with Gasteiger partial charge in [0.15, 0.2) is 0 Å². The van der Waals surface area contributed by atoms with E-state index in [1.807, 2.05) is 10.8 Å². The Balaban J connectivity index is 2.01. The summed E-state index contributed by atoms with van der Waals surface area (Å²) in [5.74, 6) is -0.202. The first-order chi connectivity index (χ1) is 8.24. The lowest BCUT2D eigenvalue weighted by molar-refractivity contribution is -0.140. The van der Waals surface area contributed by atoms with Gasteiger partial charge in [-0.15, -0.1) is 0 Å². The largest absolute Gasteiger partial charge is 0.469 e. The monoisotopic (exact) mass is 255 g/mol. The van der Waals surface area contributed by atoms with Crippen LogP contribution in [0.1, 0.15) is 36.0 Å². The molecule has 0 saturated carbocycles. The van der Waals surface area contributed by atoms with Gasteiger partial charge in [0.2, 0.25) is 0 Å². The van der Waals surface area contributed by atoms with E-state index < -0.39 is 0 Å². The quantitative estimate of drug-likeness (QED) is 0.600. The maximum atomic E-state index is 11.5. The Hall–Kier alpha value is -1.36. The Morgan fingerprint density at radius 2 is 2.18 bits per heavy atom. The van der Waals surface area contributed by atoms with E-state index in [-0.39, 0.29) is 11.9 Å². The molecule has 1 amide bonds. The zero-order valence-corrected chi connectivity index (χ0v) is 10.7. The summed E-state index contributed by atoms with van der Waals surface area (Å²) in [4.78, 5) is 22.3. The molecule has 1 heterocycles. The molecule has 4 nitrogen and oxygen atoms in total. The van der Waals surface area contributed by atoms with Gasteiger partial charge in [-0.1, -0.05) is 6.42 Å². The van der Waals surface area contributed by atoms with Gasteiger partial charge < -0.3 is 10.1 Å². The molecule has 0 bridgehead atoms. The number of carbonyl (C=O) groups is 2. The minimum absolute atomic E-state index is 0.0285. The summed E-state index contributed by atoms with van der Waals surface area (Å²) in [6, 6.07) is 1.80. The standard InChI is InChI=1S/C12H17NO3S/c1-16-11(14)5-3-2-4-7-13-12(15)10-6-8-17-9-10/h6,8-9H,2-5,7H2,1H3,(H,13,15). The highest BCUT2D eigenvalue weighted by Gasteiger charge is 2.04. The van der Waals surface area contributed by atoms with Gasteiger partial charge in [-0.05, 0) is 24.3 Å². The van der Waals surface area contributed by atoms with E-state index in [1.54, 1.807) is 6.07 Å². The first kappa shape index (κ1) is 13.7. The van der Waals surface area contributed by atoms with Crippen molar-refractivity contribution in [3.63, 3.8) is 0 Å². The molecule has 94 valence electrons. The zero-order valence-electron chi connectivity index (χ0n) is 9.90. The molecular weight excluding hydrogens is 238 g/mol. The molecular formula is C12H17NO3S. The summed E-state index contributed by atoms with van der Waals surface area (Å²) in [6.07, 6.45) is 3.06. The van der Waals surface area contributed by atoms with Gasteiger partial charge >= 0.3 is 5.97 Å². The maximum absolute atomic E-state index is 11.5. The van der Waals surface area contributed by atoms with Crippen LogP contribution in [0.5, 0.6) is 0 Å². The van der Waals surface area contributed by atoms with Crippen LogP contribution < -0.4 is 5.32 Å². The molecule has 1 aromatic heterocycles. The maximum Gasteiger partial charge on any atom is 0.305 e. The Morgan fingerprint density at radius 3 is 2.82 bits per heavy atom. The van der Waals surface area contributed by atoms with E-state index in [1.165, 1.54) is 18.4 Å². The van der Waals surface area contributed by atoms with Crippen molar-refractivity contribution in [2.24, 2.45) is 0 Å². The molecule has 1 rings (SSSR count). The van der Waals surface area contributed by atoms with Crippen LogP contribution in [0, 0.1) is 0 Å². The number of methoxy groups -OCH3 is 1. The van der Waals surface area contributed by atoms with Gasteiger partial charge in [0, 0.05) is 23.9 Å². The fourth-order valence-electron chi connectivity index (χ4n) is 1.37. The molecule has 5 heteroatoms. The number of esters is 1. The number of thiophene rings is 1. The molecule has 1 aromatic rings. The Labute approximate surface area is 105 Å². The lowest BCUT2D eigenvalue weighted by Gasteiger charge is -2.03. The highest BCUT2D eigenvalue weighted by atomic mass is 32.1. The predicted octanol–water partition coefficient (Wildman–Crippen LogP) is 2.21. The van der Waals surface area contributed by atoms with E-state index in [2.05, 4.69) is 10.1 Å². The Morgan fingerprint density at radius 1 is 1.35 bits per heavy atom. The molecule has 0 aliphatic carbocycles. The summed E-state index contributed by atoms with van der Waals surface area (Å²) in [6.45, 7) is 0.649. The average Bonchev–Trinajstić information content (AvgIpc) is 2.86. The molecule has 17 heavy (non-hydrogen) atoms. The molecule has 0 fully saturated rings. The Kier molecular flexibility index (Phi) is 6.32. The number of hydrogen-bond donors (Lipinski definition) is 1. The van der Waals surface area contributed by atoms with Gasteiger partial charge in [-0.25, -0.2) is 0 Å². The number of ether oxygens (including phenoxy) is 1. The van der Waals surface area contributed by atoms with E-state index in [4.69, 9.17) is 0 Å². The van der Waals surface area contributed by atoms with Crippen LogP contribution in [0.15, 0.2) is 16.8 Å². The van der Waals surface area contributed by atoms with Crippen molar-refractivity contribution < 1.29 is 14.3 Å². The second kappa shape index (κ2) is 7.84. The van der Waals surface area contributed by atoms with Gasteiger partial charge in [0.05, 0.1) is 7.11 Å². The van der Waals surface area contributed by atoms with Crippen LogP contribution in [-0.2, 0) is 9.53 Å². The summed E-state index contributed by atoms with van der Waals surface area (Å²) in [7, 11) is 1.39. The predicted molar refractivity (Wildman–Crippen MR) is 67.1 cm³/mol. The van der Waals surface area contributed by atoms with Crippen LogP contribution in [0.2, 0.25) is 0 Å². The second-order valence-electron chi connectivity index (χ2n) is 3.65. The number of amides is 1. The molecule has 0 unspecified atom stereocenters. The Bertz CT molecular complexity index is 349. The smallest absolute Gasteiger partial charge is 0.305 e. The fraction of sp³-hybridized carbons (Fsp3) is 0.500. The molecule has 0 radical (unpaired) electrons. The van der Waals surface area contributed by atoms with Crippen LogP contribution >= 0.6 is 11.3 Å². The number of nitrogens with one attached hydrogen (secondary N) is 1. The highest BCUT2D eigenvalue weighted by Crippen LogP contribution is 2.05. The van der Waals surface area contributed by atoms with Crippen molar-refractivity contribution in [3.8, 4) is 0 Å². The van der Waals surface area contributed by atoms with Crippen molar-refractivity contribution in [2.45, 2.75) is 25.7 Å². The average molecular weight is 255 g/mol. The van der Waals surface area contributed by atoms with Crippen molar-refractivity contribution in [2.75, 3.05) is 13.7 Å². The first-order valence-electron chi connectivity index (χ1n) is 5.61. The van der Waals surface area contributed by atoms with Crippen molar-refractivity contribution >= 4 is 23.2 Å². The van der Waals surface area contributed by atoms with E-state index in [0.717, 1.165) is 19.3 Å². The topological polar surface area (TPSA) is 55.4 Å². The summed E-state index contributed by atoms with van der Waals surface area (Å²) >= 11 is 1.51. The van der Waals surface area contributed by atoms with Gasteiger partial charge in [0.1, 0.15) is 0 Å². The molecule has 0 saturated heterocycles. The molecule has 0 aromatic carbocycles. The summed E-state index contributed by atoms with van der Waals surface area (Å²) in [5.41, 5.74) is 0.713. The first-order valence-corrected chi connectivity index (χ1v) is 6.55. The summed E-state index contributed by atoms with van der Waals surface area (Å²) < 4.78 is 4.54. The van der Waals surface area contributed by atoms with Crippen molar-refractivity contribution in [1.29, 1.82) is 0 Å². The van der Waals surface area contributed by atoms with Crippen molar-refractivity contribution in [3.05, 3.63) is 22.4 Å². The third kappa shape index (κ3) is 5.49. The fourth-order valence-corrected chi connectivity index (χ4v) is 2.01. The number of hydrogen-bond acceptors (Lipinski definition) is 4. The molecule has 0 aliphatic heterocycles. The minimum Gasteiger partial charge on any atom is -0.469 e. The van der Waals surface area contributed by atoms with E-state index >= 15 is 0 Å². The van der Waals surface area contributed by atoms with Crippen LogP contribution in [-0.4, -0.2) is 25.5 Å². The summed E-state index contributed by atoms with van der Waals surface area (Å²) in [5, 5.41) is 6.54. The lowest BCUT2D eigenvalue weighted by atomic mass is 10.2. The van der Waals surface area contributed by atoms with Crippen LogP contribution in [0.3, 0.4) is 0 Å². The number of unbranched alkanes of at least 4 members (excludes halogenated alkanes) is 2. The highest BCUT2D eigenvalue weighted by molar-refractivity contribution is 7.08. The van der Waals surface area contributed by atoms with Gasteiger partial charge in [-0.3, -0.25) is 9.59 Å². The third-order valence-electron chi connectivity index (χ3n) is 2.35. The molecule has 0 atom stereocenters. The SMILES string of the molecule is COC(=O)CCCCCNC(=O)c1ccsc1.